The summed E-state index contributed by atoms with van der Waals surface area (Å²) in [6.45, 7) is 1.61. The summed E-state index contributed by atoms with van der Waals surface area (Å²) in [5, 5.41) is 22.2. The lowest BCUT2D eigenvalue weighted by molar-refractivity contribution is 0.103. The molecule has 2 rings (SSSR count). The van der Waals surface area contributed by atoms with Gasteiger partial charge in [-0.3, -0.25) is 4.79 Å². The number of anilines is 1. The minimum atomic E-state index is -0.273. The molecule has 0 spiro atoms. The van der Waals surface area contributed by atoms with Crippen molar-refractivity contribution in [3.05, 3.63) is 51.2 Å². The third-order valence-electron chi connectivity index (χ3n) is 2.79. The predicted octanol–water partition coefficient (Wildman–Crippen LogP) is 2.52. The minimum Gasteiger partial charge on any atom is -0.384 e. The van der Waals surface area contributed by atoms with Crippen LogP contribution in [-0.2, 0) is 0 Å². The second kappa shape index (κ2) is 6.71. The van der Waals surface area contributed by atoms with E-state index in [1.54, 1.807) is 29.6 Å². The molecule has 5 heteroatoms. The smallest absolute Gasteiger partial charge is 0.267 e. The topological polar surface area (TPSA) is 73.1 Å². The molecule has 0 aliphatic heterocycles. The molecular formula is C16H12N2O2S. The Bertz CT molecular complexity index is 776. The van der Waals surface area contributed by atoms with E-state index in [-0.39, 0.29) is 12.5 Å². The van der Waals surface area contributed by atoms with E-state index in [2.05, 4.69) is 17.2 Å². The number of hydrogen-bond acceptors (Lipinski definition) is 4. The van der Waals surface area contributed by atoms with Crippen molar-refractivity contribution >= 4 is 22.9 Å². The standard InChI is InChI=1S/C16H12N2O2S/c1-11-4-5-12(10-17)9-14(11)18-16(20)15-13(3-2-7-19)6-8-21-15/h4-6,8-9,19H,7H2,1H3,(H,18,20). The molecule has 0 atom stereocenters. The largest absolute Gasteiger partial charge is 0.384 e. The molecule has 1 amide bonds. The summed E-state index contributed by atoms with van der Waals surface area (Å²) in [7, 11) is 0. The monoisotopic (exact) mass is 296 g/mol. The number of aryl methyl sites for hydroxylation is 1. The molecule has 0 aliphatic rings. The van der Waals surface area contributed by atoms with E-state index in [0.29, 0.717) is 21.7 Å². The Labute approximate surface area is 126 Å². The lowest BCUT2D eigenvalue weighted by atomic mass is 10.1. The molecule has 1 aromatic carbocycles. The van der Waals surface area contributed by atoms with Gasteiger partial charge in [0.2, 0.25) is 0 Å². The molecule has 1 aromatic heterocycles. The first-order chi connectivity index (χ1) is 10.2. The maximum absolute atomic E-state index is 12.3. The molecule has 0 saturated carbocycles. The Morgan fingerprint density at radius 2 is 2.24 bits per heavy atom. The average molecular weight is 296 g/mol. The lowest BCUT2D eigenvalue weighted by Crippen LogP contribution is -2.12. The molecule has 1 heterocycles. The van der Waals surface area contributed by atoms with Gasteiger partial charge in [-0.1, -0.05) is 17.9 Å². The number of nitrogens with zero attached hydrogens (tertiary/aromatic N) is 1. The van der Waals surface area contributed by atoms with Gasteiger partial charge in [0, 0.05) is 11.3 Å². The highest BCUT2D eigenvalue weighted by molar-refractivity contribution is 7.12. The zero-order chi connectivity index (χ0) is 15.2. The number of aliphatic hydroxyl groups is 1. The molecule has 0 radical (unpaired) electrons. The van der Waals surface area contributed by atoms with E-state index >= 15 is 0 Å². The molecular weight excluding hydrogens is 284 g/mol. The van der Waals surface area contributed by atoms with Crippen LogP contribution >= 0.6 is 11.3 Å². The number of rotatable bonds is 2. The van der Waals surface area contributed by atoms with Gasteiger partial charge in [-0.2, -0.15) is 5.26 Å². The van der Waals surface area contributed by atoms with Crippen molar-refractivity contribution < 1.29 is 9.90 Å². The van der Waals surface area contributed by atoms with Gasteiger partial charge in [-0.25, -0.2) is 0 Å². The number of nitrogens with one attached hydrogen (secondary N) is 1. The maximum atomic E-state index is 12.3. The third-order valence-corrected chi connectivity index (χ3v) is 3.70. The zero-order valence-corrected chi connectivity index (χ0v) is 12.1. The number of thiophene rings is 1. The number of aliphatic hydroxyl groups excluding tert-OH is 1. The van der Waals surface area contributed by atoms with Crippen LogP contribution < -0.4 is 5.32 Å². The zero-order valence-electron chi connectivity index (χ0n) is 11.3. The van der Waals surface area contributed by atoms with Gasteiger partial charge < -0.3 is 10.4 Å². The lowest BCUT2D eigenvalue weighted by Gasteiger charge is -2.08. The van der Waals surface area contributed by atoms with Gasteiger partial charge in [0.05, 0.1) is 11.6 Å². The Hall–Kier alpha value is -2.60. The van der Waals surface area contributed by atoms with Crippen LogP contribution in [0.3, 0.4) is 0 Å². The van der Waals surface area contributed by atoms with Gasteiger partial charge in [0.25, 0.3) is 5.91 Å². The summed E-state index contributed by atoms with van der Waals surface area (Å²) >= 11 is 1.28. The molecule has 0 fully saturated rings. The van der Waals surface area contributed by atoms with Crippen LogP contribution in [0.4, 0.5) is 5.69 Å². The second-order valence-electron chi connectivity index (χ2n) is 4.22. The van der Waals surface area contributed by atoms with Gasteiger partial charge in [-0.15, -0.1) is 11.3 Å². The molecule has 4 nitrogen and oxygen atoms in total. The second-order valence-corrected chi connectivity index (χ2v) is 5.14. The van der Waals surface area contributed by atoms with Crippen LogP contribution in [0.2, 0.25) is 0 Å². The Kier molecular flexibility index (Phi) is 4.73. The summed E-state index contributed by atoms with van der Waals surface area (Å²) in [4.78, 5) is 12.8. The fourth-order valence-electron chi connectivity index (χ4n) is 1.72. The molecule has 104 valence electrons. The van der Waals surface area contributed by atoms with Crippen LogP contribution in [0.15, 0.2) is 29.6 Å². The summed E-state index contributed by atoms with van der Waals surface area (Å²) in [5.74, 6) is 5.00. The quantitative estimate of drug-likeness (QED) is 0.836. The summed E-state index contributed by atoms with van der Waals surface area (Å²) in [6, 6.07) is 8.91. The molecule has 0 bridgehead atoms. The van der Waals surface area contributed by atoms with Crippen LogP contribution in [0, 0.1) is 30.1 Å². The fraction of sp³-hybridized carbons (Fsp3) is 0.125. The summed E-state index contributed by atoms with van der Waals surface area (Å²) in [5.41, 5.74) is 2.55. The average Bonchev–Trinajstić information content (AvgIpc) is 2.95. The summed E-state index contributed by atoms with van der Waals surface area (Å²) in [6.07, 6.45) is 0. The Morgan fingerprint density at radius 1 is 1.43 bits per heavy atom. The predicted molar refractivity (Wildman–Crippen MR) is 82.1 cm³/mol. The molecule has 0 unspecified atom stereocenters. The van der Waals surface area contributed by atoms with Crippen molar-refractivity contribution in [1.82, 2.24) is 0 Å². The van der Waals surface area contributed by atoms with Crippen molar-refractivity contribution in [2.45, 2.75) is 6.92 Å². The third kappa shape index (κ3) is 3.49. The number of carbonyl (C=O) groups is 1. The summed E-state index contributed by atoms with van der Waals surface area (Å²) < 4.78 is 0. The normalized spacial score (nSPS) is 9.38. The first-order valence-corrected chi connectivity index (χ1v) is 7.03. The molecule has 2 aromatic rings. The van der Waals surface area contributed by atoms with E-state index in [9.17, 15) is 4.79 Å². The number of hydrogen-bond donors (Lipinski definition) is 2. The Balaban J connectivity index is 2.27. The van der Waals surface area contributed by atoms with Gasteiger partial charge in [-0.05, 0) is 36.1 Å². The van der Waals surface area contributed by atoms with Crippen molar-refractivity contribution in [3.8, 4) is 17.9 Å². The number of amides is 1. The first kappa shape index (κ1) is 14.8. The van der Waals surface area contributed by atoms with E-state index in [0.717, 1.165) is 5.56 Å². The van der Waals surface area contributed by atoms with Crippen molar-refractivity contribution in [2.24, 2.45) is 0 Å². The van der Waals surface area contributed by atoms with E-state index < -0.39 is 0 Å². The minimum absolute atomic E-state index is 0.250. The van der Waals surface area contributed by atoms with Crippen molar-refractivity contribution in [2.75, 3.05) is 11.9 Å². The number of benzene rings is 1. The highest BCUT2D eigenvalue weighted by Gasteiger charge is 2.13. The van der Waals surface area contributed by atoms with Crippen molar-refractivity contribution in [1.29, 1.82) is 5.26 Å². The molecule has 21 heavy (non-hydrogen) atoms. The van der Waals surface area contributed by atoms with E-state index in [4.69, 9.17) is 10.4 Å². The molecule has 0 aliphatic carbocycles. The van der Waals surface area contributed by atoms with E-state index in [1.807, 2.05) is 13.0 Å². The van der Waals surface area contributed by atoms with Crippen LogP contribution in [-0.4, -0.2) is 17.6 Å². The molecule has 2 N–H and O–H groups in total. The Morgan fingerprint density at radius 3 is 2.95 bits per heavy atom. The van der Waals surface area contributed by atoms with Gasteiger partial charge in [0.15, 0.2) is 0 Å². The van der Waals surface area contributed by atoms with E-state index in [1.165, 1.54) is 11.3 Å². The van der Waals surface area contributed by atoms with Crippen LogP contribution in [0.5, 0.6) is 0 Å². The maximum Gasteiger partial charge on any atom is 0.267 e. The highest BCUT2D eigenvalue weighted by atomic mass is 32.1. The number of carbonyl (C=O) groups excluding carboxylic acids is 1. The fourth-order valence-corrected chi connectivity index (χ4v) is 2.47. The first-order valence-electron chi connectivity index (χ1n) is 6.15. The highest BCUT2D eigenvalue weighted by Crippen LogP contribution is 2.21. The van der Waals surface area contributed by atoms with Gasteiger partial charge in [0.1, 0.15) is 11.5 Å². The van der Waals surface area contributed by atoms with Crippen molar-refractivity contribution in [3.63, 3.8) is 0 Å². The van der Waals surface area contributed by atoms with Crippen LogP contribution in [0.1, 0.15) is 26.4 Å². The molecule has 0 saturated heterocycles. The number of nitriles is 1. The van der Waals surface area contributed by atoms with Gasteiger partial charge >= 0.3 is 0 Å². The SMILES string of the molecule is Cc1ccc(C#N)cc1NC(=O)c1sccc1C#CCO. The van der Waals surface area contributed by atoms with Crippen LogP contribution in [0.25, 0.3) is 0 Å².